The topological polar surface area (TPSA) is 65.1 Å². The fourth-order valence-electron chi connectivity index (χ4n) is 2.40. The Morgan fingerprint density at radius 2 is 2.20 bits per heavy atom. The first-order chi connectivity index (χ1) is 9.74. The molecule has 0 aliphatic heterocycles. The molecule has 1 amide bonds. The Balaban J connectivity index is 1.91. The summed E-state index contributed by atoms with van der Waals surface area (Å²) in [6.07, 6.45) is 3.99. The first kappa shape index (κ1) is 14.6. The lowest BCUT2D eigenvalue weighted by Crippen LogP contribution is -2.30. The summed E-state index contributed by atoms with van der Waals surface area (Å²) in [5, 5.41) is 13.0. The van der Waals surface area contributed by atoms with Crippen molar-refractivity contribution in [3.63, 3.8) is 0 Å². The number of carbonyl (C=O) groups is 1. The predicted molar refractivity (Wildman–Crippen MR) is 80.5 cm³/mol. The quantitative estimate of drug-likeness (QED) is 0.725. The molecule has 0 radical (unpaired) electrons. The van der Waals surface area contributed by atoms with Gasteiger partial charge in [-0.25, -0.2) is 0 Å². The number of hydrogen-bond donors (Lipinski definition) is 3. The highest BCUT2D eigenvalue weighted by atomic mass is 16.3. The van der Waals surface area contributed by atoms with E-state index in [0.717, 1.165) is 29.3 Å². The summed E-state index contributed by atoms with van der Waals surface area (Å²) >= 11 is 0. The van der Waals surface area contributed by atoms with Crippen LogP contribution >= 0.6 is 0 Å². The molecular weight excluding hydrogens is 252 g/mol. The van der Waals surface area contributed by atoms with Crippen molar-refractivity contribution in [2.75, 3.05) is 13.2 Å². The standard InChI is InChI=1S/C16H22N2O2/c1-2-12(7-8-19)10-18-16(20)9-13-11-17-15-6-4-3-5-14(13)15/h3-6,11-12,17,19H,2,7-10H2,1H3,(H,18,20). The van der Waals surface area contributed by atoms with Crippen LogP contribution in [0.25, 0.3) is 10.9 Å². The van der Waals surface area contributed by atoms with E-state index in [0.29, 0.717) is 18.9 Å². The maximum atomic E-state index is 12.0. The summed E-state index contributed by atoms with van der Waals surface area (Å²) in [7, 11) is 0. The van der Waals surface area contributed by atoms with Crippen molar-refractivity contribution >= 4 is 16.8 Å². The molecule has 0 aliphatic rings. The number of benzene rings is 1. The summed E-state index contributed by atoms with van der Waals surface area (Å²) in [4.78, 5) is 15.2. The molecule has 1 aromatic carbocycles. The lowest BCUT2D eigenvalue weighted by Gasteiger charge is -2.14. The van der Waals surface area contributed by atoms with E-state index in [2.05, 4.69) is 17.2 Å². The number of para-hydroxylation sites is 1. The predicted octanol–water partition coefficient (Wildman–Crippen LogP) is 2.24. The van der Waals surface area contributed by atoms with Crippen LogP contribution in [0.3, 0.4) is 0 Å². The van der Waals surface area contributed by atoms with Crippen LogP contribution in [-0.4, -0.2) is 29.1 Å². The number of fused-ring (bicyclic) bond motifs is 1. The average Bonchev–Trinajstić information content (AvgIpc) is 2.87. The van der Waals surface area contributed by atoms with Crippen LogP contribution in [0.5, 0.6) is 0 Å². The summed E-state index contributed by atoms with van der Waals surface area (Å²) in [5.74, 6) is 0.387. The molecule has 1 atom stereocenters. The maximum absolute atomic E-state index is 12.0. The number of amides is 1. The minimum atomic E-state index is 0.0335. The van der Waals surface area contributed by atoms with Crippen molar-refractivity contribution in [3.05, 3.63) is 36.0 Å². The summed E-state index contributed by atoms with van der Waals surface area (Å²) in [5.41, 5.74) is 2.08. The van der Waals surface area contributed by atoms with E-state index in [1.54, 1.807) is 0 Å². The van der Waals surface area contributed by atoms with Gasteiger partial charge in [-0.05, 0) is 24.0 Å². The van der Waals surface area contributed by atoms with Crippen LogP contribution in [0.4, 0.5) is 0 Å². The second-order valence-corrected chi connectivity index (χ2v) is 5.13. The van der Waals surface area contributed by atoms with Crippen molar-refractivity contribution in [2.45, 2.75) is 26.2 Å². The number of hydrogen-bond acceptors (Lipinski definition) is 2. The zero-order valence-corrected chi connectivity index (χ0v) is 11.9. The number of aliphatic hydroxyl groups excluding tert-OH is 1. The molecule has 0 spiro atoms. The zero-order chi connectivity index (χ0) is 14.4. The van der Waals surface area contributed by atoms with Gasteiger partial charge in [0.1, 0.15) is 0 Å². The monoisotopic (exact) mass is 274 g/mol. The van der Waals surface area contributed by atoms with Gasteiger partial charge in [-0.2, -0.15) is 0 Å². The van der Waals surface area contributed by atoms with Gasteiger partial charge in [0.15, 0.2) is 0 Å². The van der Waals surface area contributed by atoms with Gasteiger partial charge < -0.3 is 15.4 Å². The number of aromatic amines is 1. The SMILES string of the molecule is CCC(CCO)CNC(=O)Cc1c[nH]c2ccccc12. The third-order valence-corrected chi connectivity index (χ3v) is 3.73. The molecule has 0 bridgehead atoms. The van der Waals surface area contributed by atoms with Crippen molar-refractivity contribution < 1.29 is 9.90 Å². The first-order valence-electron chi connectivity index (χ1n) is 7.17. The largest absolute Gasteiger partial charge is 0.396 e. The number of rotatable bonds is 7. The third kappa shape index (κ3) is 3.61. The molecule has 1 heterocycles. The molecule has 20 heavy (non-hydrogen) atoms. The van der Waals surface area contributed by atoms with Gasteiger partial charge in [0.05, 0.1) is 6.42 Å². The van der Waals surface area contributed by atoms with E-state index in [9.17, 15) is 4.79 Å². The molecule has 108 valence electrons. The van der Waals surface area contributed by atoms with Crippen molar-refractivity contribution in [3.8, 4) is 0 Å². The molecule has 0 saturated carbocycles. The van der Waals surface area contributed by atoms with Crippen molar-refractivity contribution in [1.82, 2.24) is 10.3 Å². The van der Waals surface area contributed by atoms with Gasteiger partial charge in [0.2, 0.25) is 5.91 Å². The van der Waals surface area contributed by atoms with Gasteiger partial charge in [0.25, 0.3) is 0 Å². The van der Waals surface area contributed by atoms with Crippen molar-refractivity contribution in [2.24, 2.45) is 5.92 Å². The molecule has 0 fully saturated rings. The molecule has 4 nitrogen and oxygen atoms in total. The Bertz CT molecular complexity index is 562. The molecule has 4 heteroatoms. The Morgan fingerprint density at radius 3 is 2.95 bits per heavy atom. The van der Waals surface area contributed by atoms with E-state index in [4.69, 9.17) is 5.11 Å². The van der Waals surface area contributed by atoms with E-state index in [1.165, 1.54) is 0 Å². The van der Waals surface area contributed by atoms with E-state index >= 15 is 0 Å². The van der Waals surface area contributed by atoms with Crippen LogP contribution in [0.15, 0.2) is 30.5 Å². The normalized spacial score (nSPS) is 12.5. The Kier molecular flexibility index (Phi) is 5.18. The minimum absolute atomic E-state index is 0.0335. The molecular formula is C16H22N2O2. The Hall–Kier alpha value is -1.81. The van der Waals surface area contributed by atoms with Crippen LogP contribution < -0.4 is 5.32 Å². The van der Waals surface area contributed by atoms with Gasteiger partial charge in [-0.1, -0.05) is 31.5 Å². The smallest absolute Gasteiger partial charge is 0.224 e. The molecule has 1 aromatic heterocycles. The number of nitrogens with one attached hydrogen (secondary N) is 2. The molecule has 0 aliphatic carbocycles. The highest BCUT2D eigenvalue weighted by Crippen LogP contribution is 2.18. The number of aromatic nitrogens is 1. The third-order valence-electron chi connectivity index (χ3n) is 3.73. The summed E-state index contributed by atoms with van der Waals surface area (Å²) in [6.45, 7) is 2.89. The lowest BCUT2D eigenvalue weighted by molar-refractivity contribution is -0.120. The minimum Gasteiger partial charge on any atom is -0.396 e. The fraction of sp³-hybridized carbons (Fsp3) is 0.438. The Labute approximate surface area is 119 Å². The van der Waals surface area contributed by atoms with Gasteiger partial charge in [-0.15, -0.1) is 0 Å². The van der Waals surface area contributed by atoms with Crippen LogP contribution in [0.2, 0.25) is 0 Å². The number of H-pyrrole nitrogens is 1. The van der Waals surface area contributed by atoms with Crippen LogP contribution in [0.1, 0.15) is 25.3 Å². The molecule has 2 rings (SSSR count). The second-order valence-electron chi connectivity index (χ2n) is 5.13. The summed E-state index contributed by atoms with van der Waals surface area (Å²) < 4.78 is 0. The highest BCUT2D eigenvalue weighted by Gasteiger charge is 2.11. The molecule has 1 unspecified atom stereocenters. The van der Waals surface area contributed by atoms with E-state index in [1.807, 2.05) is 30.5 Å². The number of carbonyl (C=O) groups excluding carboxylic acids is 1. The van der Waals surface area contributed by atoms with E-state index in [-0.39, 0.29) is 12.5 Å². The van der Waals surface area contributed by atoms with Crippen molar-refractivity contribution in [1.29, 1.82) is 0 Å². The van der Waals surface area contributed by atoms with Gasteiger partial charge in [-0.3, -0.25) is 4.79 Å². The first-order valence-corrected chi connectivity index (χ1v) is 7.17. The van der Waals surface area contributed by atoms with Gasteiger partial charge in [0, 0.05) is 30.3 Å². The molecule has 0 saturated heterocycles. The fourth-order valence-corrected chi connectivity index (χ4v) is 2.40. The highest BCUT2D eigenvalue weighted by molar-refractivity contribution is 5.88. The second kappa shape index (κ2) is 7.10. The molecule has 2 aromatic rings. The summed E-state index contributed by atoms with van der Waals surface area (Å²) in [6, 6.07) is 7.98. The van der Waals surface area contributed by atoms with Crippen LogP contribution in [-0.2, 0) is 11.2 Å². The molecule has 3 N–H and O–H groups in total. The maximum Gasteiger partial charge on any atom is 0.224 e. The number of aliphatic hydroxyl groups is 1. The lowest BCUT2D eigenvalue weighted by atomic mass is 10.0. The van der Waals surface area contributed by atoms with Crippen LogP contribution in [0, 0.1) is 5.92 Å². The average molecular weight is 274 g/mol. The zero-order valence-electron chi connectivity index (χ0n) is 11.9. The van der Waals surface area contributed by atoms with Gasteiger partial charge >= 0.3 is 0 Å². The van der Waals surface area contributed by atoms with E-state index < -0.39 is 0 Å². The Morgan fingerprint density at radius 1 is 1.40 bits per heavy atom.